The van der Waals surface area contributed by atoms with Crippen LogP contribution < -0.4 is 0 Å². The van der Waals surface area contributed by atoms with Gasteiger partial charge in [0.15, 0.2) is 0 Å². The lowest BCUT2D eigenvalue weighted by Gasteiger charge is -2.43. The fourth-order valence-electron chi connectivity index (χ4n) is 3.33. The first-order valence-electron chi connectivity index (χ1n) is 8.41. The highest BCUT2D eigenvalue weighted by Crippen LogP contribution is 2.33. The lowest BCUT2D eigenvalue weighted by Crippen LogP contribution is -2.60. The van der Waals surface area contributed by atoms with Crippen LogP contribution in [0.1, 0.15) is 19.3 Å². The number of carbonyl (C=O) groups excluding carboxylic acids is 1. The van der Waals surface area contributed by atoms with Gasteiger partial charge in [-0.1, -0.05) is 0 Å². The molecule has 126 valence electrons. The van der Waals surface area contributed by atoms with Gasteiger partial charge in [-0.05, 0) is 18.8 Å². The Morgan fingerprint density at radius 2 is 2.14 bits per heavy atom. The molecule has 0 bridgehead atoms. The van der Waals surface area contributed by atoms with E-state index in [9.17, 15) is 4.79 Å². The number of hydrogen-bond donors (Lipinski definition) is 0. The van der Waals surface area contributed by atoms with Crippen LogP contribution in [-0.2, 0) is 19.0 Å². The number of morpholine rings is 1. The first kappa shape index (κ1) is 16.2. The van der Waals surface area contributed by atoms with E-state index in [1.54, 1.807) is 7.11 Å². The first-order chi connectivity index (χ1) is 10.7. The average Bonchev–Trinajstić information content (AvgIpc) is 3.34. The first-order valence-corrected chi connectivity index (χ1v) is 8.41. The second kappa shape index (κ2) is 7.25. The molecule has 6 nitrogen and oxygen atoms in total. The van der Waals surface area contributed by atoms with Gasteiger partial charge in [-0.3, -0.25) is 9.69 Å². The van der Waals surface area contributed by atoms with E-state index in [1.807, 2.05) is 4.90 Å². The minimum absolute atomic E-state index is 0.290. The third kappa shape index (κ3) is 4.19. The molecule has 3 fully saturated rings. The van der Waals surface area contributed by atoms with Crippen molar-refractivity contribution in [1.82, 2.24) is 9.80 Å². The molecule has 1 atom stereocenters. The predicted molar refractivity (Wildman–Crippen MR) is 81.7 cm³/mol. The molecule has 2 saturated heterocycles. The molecule has 2 aliphatic heterocycles. The van der Waals surface area contributed by atoms with Crippen molar-refractivity contribution in [1.29, 1.82) is 0 Å². The summed E-state index contributed by atoms with van der Waals surface area (Å²) < 4.78 is 17.1. The molecule has 0 radical (unpaired) electrons. The molecule has 0 aromatic rings. The minimum Gasteiger partial charge on any atom is -0.383 e. The lowest BCUT2D eigenvalue weighted by molar-refractivity contribution is -0.162. The van der Waals surface area contributed by atoms with E-state index in [2.05, 4.69) is 4.90 Å². The van der Waals surface area contributed by atoms with E-state index >= 15 is 0 Å². The summed E-state index contributed by atoms with van der Waals surface area (Å²) in [7, 11) is 1.72. The van der Waals surface area contributed by atoms with E-state index in [-0.39, 0.29) is 11.5 Å². The summed E-state index contributed by atoms with van der Waals surface area (Å²) in [4.78, 5) is 16.7. The Morgan fingerprint density at radius 1 is 1.27 bits per heavy atom. The number of nitrogens with zero attached hydrogens (tertiary/aromatic N) is 2. The molecule has 1 spiro atoms. The molecule has 3 rings (SSSR count). The molecule has 6 heteroatoms. The van der Waals surface area contributed by atoms with Crippen molar-refractivity contribution in [3.63, 3.8) is 0 Å². The van der Waals surface area contributed by atoms with E-state index in [0.29, 0.717) is 51.9 Å². The molecular weight excluding hydrogens is 284 g/mol. The van der Waals surface area contributed by atoms with Crippen LogP contribution in [0.2, 0.25) is 0 Å². The van der Waals surface area contributed by atoms with Crippen LogP contribution in [0.25, 0.3) is 0 Å². The third-order valence-electron chi connectivity index (χ3n) is 4.80. The van der Waals surface area contributed by atoms with E-state index in [0.717, 1.165) is 19.6 Å². The summed E-state index contributed by atoms with van der Waals surface area (Å²) in [5, 5.41) is 0. The van der Waals surface area contributed by atoms with E-state index in [1.165, 1.54) is 12.8 Å². The van der Waals surface area contributed by atoms with Gasteiger partial charge in [0.25, 0.3) is 0 Å². The molecule has 0 N–H and O–H groups in total. The molecule has 3 aliphatic rings. The Bertz CT molecular complexity index is 388. The SMILES string of the molecule is COCCN1CCOC[C@]2(C1)CN(C(=O)CC1CC1)CCO2. The summed E-state index contributed by atoms with van der Waals surface area (Å²) in [6, 6.07) is 0. The summed E-state index contributed by atoms with van der Waals surface area (Å²) in [6.07, 6.45) is 3.15. The van der Waals surface area contributed by atoms with Crippen LogP contribution in [0.3, 0.4) is 0 Å². The largest absolute Gasteiger partial charge is 0.383 e. The number of methoxy groups -OCH3 is 1. The predicted octanol–water partition coefficient (Wildman–Crippen LogP) is 0.363. The molecule has 22 heavy (non-hydrogen) atoms. The maximum atomic E-state index is 12.4. The van der Waals surface area contributed by atoms with Gasteiger partial charge in [0.1, 0.15) is 5.60 Å². The normalized spacial score (nSPS) is 30.5. The van der Waals surface area contributed by atoms with E-state index in [4.69, 9.17) is 14.2 Å². The lowest BCUT2D eigenvalue weighted by atomic mass is 10.0. The average molecular weight is 312 g/mol. The van der Waals surface area contributed by atoms with Crippen LogP contribution in [-0.4, -0.2) is 87.6 Å². The highest BCUT2D eigenvalue weighted by atomic mass is 16.5. The van der Waals surface area contributed by atoms with Crippen LogP contribution in [0.4, 0.5) is 0 Å². The van der Waals surface area contributed by atoms with Crippen LogP contribution in [0.5, 0.6) is 0 Å². The quantitative estimate of drug-likeness (QED) is 0.734. The Hall–Kier alpha value is -0.690. The van der Waals surface area contributed by atoms with Crippen LogP contribution in [0.15, 0.2) is 0 Å². The third-order valence-corrected chi connectivity index (χ3v) is 4.80. The molecule has 0 aromatic carbocycles. The highest BCUT2D eigenvalue weighted by Gasteiger charge is 2.42. The zero-order valence-corrected chi connectivity index (χ0v) is 13.6. The summed E-state index contributed by atoms with van der Waals surface area (Å²) >= 11 is 0. The number of amides is 1. The van der Waals surface area contributed by atoms with Crippen LogP contribution in [0, 0.1) is 5.92 Å². The van der Waals surface area contributed by atoms with Crippen molar-refractivity contribution in [3.8, 4) is 0 Å². The molecule has 2 heterocycles. The molecule has 1 saturated carbocycles. The molecule has 1 amide bonds. The van der Waals surface area contributed by atoms with Crippen molar-refractivity contribution >= 4 is 5.91 Å². The Balaban J connectivity index is 1.60. The van der Waals surface area contributed by atoms with Gasteiger partial charge >= 0.3 is 0 Å². The highest BCUT2D eigenvalue weighted by molar-refractivity contribution is 5.77. The van der Waals surface area contributed by atoms with E-state index < -0.39 is 0 Å². The van der Waals surface area contributed by atoms with Gasteiger partial charge in [-0.25, -0.2) is 0 Å². The Morgan fingerprint density at radius 3 is 2.91 bits per heavy atom. The van der Waals surface area contributed by atoms with Gasteiger partial charge in [-0.2, -0.15) is 0 Å². The molecular formula is C16H28N2O4. The number of ether oxygens (including phenoxy) is 3. The second-order valence-corrected chi connectivity index (χ2v) is 6.82. The summed E-state index contributed by atoms with van der Waals surface area (Å²) in [5.74, 6) is 0.924. The monoisotopic (exact) mass is 312 g/mol. The summed E-state index contributed by atoms with van der Waals surface area (Å²) in [6.45, 7) is 6.55. The molecule has 0 unspecified atom stereocenters. The maximum absolute atomic E-state index is 12.4. The fraction of sp³-hybridized carbons (Fsp3) is 0.938. The smallest absolute Gasteiger partial charge is 0.223 e. The van der Waals surface area contributed by atoms with Gasteiger partial charge in [0, 0.05) is 39.7 Å². The number of carbonyl (C=O) groups is 1. The standard InChI is InChI=1S/C16H28N2O4/c1-20-7-4-17-5-8-21-13-16(11-17)12-18(6-9-22-16)15(19)10-14-2-3-14/h14H,2-13H2,1H3/t16-/m0/s1. The zero-order valence-electron chi connectivity index (χ0n) is 13.6. The van der Waals surface area contributed by atoms with Crippen molar-refractivity contribution in [3.05, 3.63) is 0 Å². The Kier molecular flexibility index (Phi) is 5.33. The minimum atomic E-state index is -0.373. The summed E-state index contributed by atoms with van der Waals surface area (Å²) in [5.41, 5.74) is -0.373. The topological polar surface area (TPSA) is 51.2 Å². The number of hydrogen-bond acceptors (Lipinski definition) is 5. The Labute approximate surface area is 132 Å². The molecule has 1 aliphatic carbocycles. The number of rotatable bonds is 5. The van der Waals surface area contributed by atoms with Gasteiger partial charge < -0.3 is 19.1 Å². The zero-order chi connectivity index (χ0) is 15.4. The van der Waals surface area contributed by atoms with Crippen molar-refractivity contribution < 1.29 is 19.0 Å². The van der Waals surface area contributed by atoms with Gasteiger partial charge in [-0.15, -0.1) is 0 Å². The van der Waals surface area contributed by atoms with Gasteiger partial charge in [0.05, 0.1) is 33.0 Å². The van der Waals surface area contributed by atoms with Gasteiger partial charge in [0.2, 0.25) is 5.91 Å². The fourth-order valence-corrected chi connectivity index (χ4v) is 3.33. The van der Waals surface area contributed by atoms with Crippen LogP contribution >= 0.6 is 0 Å². The van der Waals surface area contributed by atoms with Crippen molar-refractivity contribution in [2.24, 2.45) is 5.92 Å². The van der Waals surface area contributed by atoms with Crippen molar-refractivity contribution in [2.75, 3.05) is 66.3 Å². The maximum Gasteiger partial charge on any atom is 0.223 e. The van der Waals surface area contributed by atoms with Crippen molar-refractivity contribution in [2.45, 2.75) is 24.9 Å². The second-order valence-electron chi connectivity index (χ2n) is 6.82. The molecule has 0 aromatic heterocycles.